The molecule has 142 valence electrons. The minimum absolute atomic E-state index is 0. The molecule has 8 nitrogen and oxygen atoms in total. The van der Waals surface area contributed by atoms with Gasteiger partial charge in [-0.15, -0.1) is 0 Å². The van der Waals surface area contributed by atoms with Gasteiger partial charge in [0, 0.05) is 20.3 Å². The Morgan fingerprint density at radius 2 is 1.76 bits per heavy atom. The molecule has 0 aromatic carbocycles. The van der Waals surface area contributed by atoms with Crippen LogP contribution in [0.15, 0.2) is 18.6 Å². The smallest absolute Gasteiger partial charge is 0.342 e. The first-order valence-electron chi connectivity index (χ1n) is 7.32. The number of esters is 2. The van der Waals surface area contributed by atoms with Crippen molar-refractivity contribution in [2.75, 3.05) is 13.7 Å². The molecule has 0 spiro atoms. The van der Waals surface area contributed by atoms with E-state index in [9.17, 15) is 9.59 Å². The quantitative estimate of drug-likeness (QED) is 0.767. The molecule has 2 aromatic rings. The van der Waals surface area contributed by atoms with E-state index >= 15 is 0 Å². The van der Waals surface area contributed by atoms with Gasteiger partial charge in [0.1, 0.15) is 10.7 Å². The Hall–Kier alpha value is -2.35. The molecule has 0 fully saturated rings. The number of hydrogen-bond acceptors (Lipinski definition) is 6. The summed E-state index contributed by atoms with van der Waals surface area (Å²) >= 11 is 5.68. The van der Waals surface area contributed by atoms with Gasteiger partial charge in [-0.1, -0.05) is 32.9 Å². The molecule has 0 aliphatic carbocycles. The van der Waals surface area contributed by atoms with Crippen LogP contribution in [0.3, 0.4) is 0 Å². The Kier molecular flexibility index (Phi) is 12.9. The lowest BCUT2D eigenvalue weighted by Crippen LogP contribution is -2.02. The number of rotatable bonds is 3. The van der Waals surface area contributed by atoms with E-state index in [-0.39, 0.29) is 24.1 Å². The third kappa shape index (κ3) is 7.84. The van der Waals surface area contributed by atoms with Crippen LogP contribution in [0, 0.1) is 0 Å². The van der Waals surface area contributed by atoms with Crippen LogP contribution < -0.4 is 0 Å². The van der Waals surface area contributed by atoms with Crippen molar-refractivity contribution in [3.63, 3.8) is 0 Å². The molecule has 0 saturated carbocycles. The summed E-state index contributed by atoms with van der Waals surface area (Å²) in [6.45, 7) is 6.17. The van der Waals surface area contributed by atoms with Crippen molar-refractivity contribution < 1.29 is 19.1 Å². The van der Waals surface area contributed by atoms with Crippen molar-refractivity contribution in [3.8, 4) is 0 Å². The second-order valence-corrected chi connectivity index (χ2v) is 4.45. The fourth-order valence-electron chi connectivity index (χ4n) is 1.41. The molecule has 2 heterocycles. The highest BCUT2D eigenvalue weighted by molar-refractivity contribution is 6.32. The number of nitrogens with zero attached hydrogens (tertiary/aromatic N) is 4. The number of halogens is 1. The summed E-state index contributed by atoms with van der Waals surface area (Å²) in [4.78, 5) is 21.9. The third-order valence-corrected chi connectivity index (χ3v) is 2.94. The Morgan fingerprint density at radius 1 is 1.16 bits per heavy atom. The van der Waals surface area contributed by atoms with E-state index in [0.29, 0.717) is 12.2 Å². The standard InChI is InChI=1S/C7H10N2O2.C6H7ClN2O2.C2H6.CH4/c1-3-11-7(10)6-4-8-9(2)5-6;1-9-5(7)4(3-8-9)6(10)11-2;1-2;/h4-5H,3H2,1-2H3;3H,1-2H3;1-2H3;1H4. The zero-order valence-corrected chi connectivity index (χ0v) is 15.5. The number of hydrogen-bond donors (Lipinski definition) is 0. The van der Waals surface area contributed by atoms with Crippen molar-refractivity contribution in [2.24, 2.45) is 14.1 Å². The van der Waals surface area contributed by atoms with Crippen LogP contribution in [-0.4, -0.2) is 45.2 Å². The largest absolute Gasteiger partial charge is 0.465 e. The molecule has 0 N–H and O–H groups in total. The van der Waals surface area contributed by atoms with Gasteiger partial charge in [0.2, 0.25) is 0 Å². The summed E-state index contributed by atoms with van der Waals surface area (Å²) in [7, 11) is 4.70. The van der Waals surface area contributed by atoms with E-state index in [2.05, 4.69) is 14.9 Å². The molecule has 0 bridgehead atoms. The second kappa shape index (κ2) is 13.0. The predicted octanol–water partition coefficient (Wildman–Crippen LogP) is 3.12. The van der Waals surface area contributed by atoms with Crippen LogP contribution in [0.4, 0.5) is 0 Å². The first-order chi connectivity index (χ1) is 11.4. The van der Waals surface area contributed by atoms with Gasteiger partial charge < -0.3 is 9.47 Å². The lowest BCUT2D eigenvalue weighted by molar-refractivity contribution is 0.0525. The van der Waals surface area contributed by atoms with Gasteiger partial charge in [0.25, 0.3) is 0 Å². The molecule has 0 aliphatic heterocycles. The maximum Gasteiger partial charge on any atom is 0.342 e. The van der Waals surface area contributed by atoms with E-state index in [0.717, 1.165) is 0 Å². The zero-order valence-electron chi connectivity index (χ0n) is 14.7. The Balaban J connectivity index is 0. The van der Waals surface area contributed by atoms with Gasteiger partial charge in [-0.3, -0.25) is 9.36 Å². The van der Waals surface area contributed by atoms with Gasteiger partial charge in [-0.05, 0) is 6.92 Å². The first-order valence-corrected chi connectivity index (χ1v) is 7.70. The maximum atomic E-state index is 11.0. The van der Waals surface area contributed by atoms with E-state index < -0.39 is 5.97 Å². The van der Waals surface area contributed by atoms with Crippen LogP contribution in [0.1, 0.15) is 48.9 Å². The van der Waals surface area contributed by atoms with Gasteiger partial charge in [-0.25, -0.2) is 9.59 Å². The highest BCUT2D eigenvalue weighted by Gasteiger charge is 2.13. The molecule has 0 amide bonds. The average Bonchev–Trinajstić information content (AvgIpc) is 3.16. The Bertz CT molecular complexity index is 652. The number of carbonyl (C=O) groups excluding carboxylic acids is 2. The molecule has 9 heteroatoms. The van der Waals surface area contributed by atoms with Crippen LogP contribution >= 0.6 is 11.6 Å². The summed E-state index contributed by atoms with van der Waals surface area (Å²) in [5.41, 5.74) is 0.783. The van der Waals surface area contributed by atoms with Crippen molar-refractivity contribution in [3.05, 3.63) is 34.9 Å². The first kappa shape index (κ1) is 24.9. The second-order valence-electron chi connectivity index (χ2n) is 4.09. The SMILES string of the molecule is C.CC.CCOC(=O)c1cnn(C)c1.COC(=O)c1cnn(C)c1Cl. The monoisotopic (exact) mass is 374 g/mol. The zero-order chi connectivity index (χ0) is 18.7. The van der Waals surface area contributed by atoms with Crippen molar-refractivity contribution >= 4 is 23.5 Å². The molecule has 2 aromatic heterocycles. The third-order valence-electron chi connectivity index (χ3n) is 2.49. The van der Waals surface area contributed by atoms with Gasteiger partial charge >= 0.3 is 11.9 Å². The molecule has 0 unspecified atom stereocenters. The number of ether oxygens (including phenoxy) is 2. The molecule has 0 aliphatic rings. The minimum Gasteiger partial charge on any atom is -0.465 e. The van der Waals surface area contributed by atoms with Gasteiger partial charge in [-0.2, -0.15) is 10.2 Å². The maximum absolute atomic E-state index is 11.0. The summed E-state index contributed by atoms with van der Waals surface area (Å²) < 4.78 is 12.2. The lowest BCUT2D eigenvalue weighted by Gasteiger charge is -1.95. The number of methoxy groups -OCH3 is 1. The van der Waals surface area contributed by atoms with Crippen molar-refractivity contribution in [2.45, 2.75) is 28.2 Å². The molecule has 0 atom stereocenters. The normalized spacial score (nSPS) is 8.76. The van der Waals surface area contributed by atoms with Crippen molar-refractivity contribution in [1.29, 1.82) is 0 Å². The van der Waals surface area contributed by atoms with E-state index in [4.69, 9.17) is 16.3 Å². The number of aromatic nitrogens is 4. The van der Waals surface area contributed by atoms with E-state index in [1.165, 1.54) is 24.2 Å². The molecule has 0 saturated heterocycles. The van der Waals surface area contributed by atoms with E-state index in [1.54, 1.807) is 31.9 Å². The summed E-state index contributed by atoms with van der Waals surface area (Å²) in [6.07, 6.45) is 4.48. The molecular formula is C16H27ClN4O4. The molecule has 25 heavy (non-hydrogen) atoms. The summed E-state index contributed by atoms with van der Waals surface area (Å²) in [5, 5.41) is 7.89. The Labute approximate surface area is 153 Å². The lowest BCUT2D eigenvalue weighted by atomic mass is 10.4. The topological polar surface area (TPSA) is 88.2 Å². The van der Waals surface area contributed by atoms with Crippen molar-refractivity contribution in [1.82, 2.24) is 19.6 Å². The Morgan fingerprint density at radius 3 is 2.12 bits per heavy atom. The summed E-state index contributed by atoms with van der Waals surface area (Å²) in [6, 6.07) is 0. The van der Waals surface area contributed by atoms with Gasteiger partial charge in [0.15, 0.2) is 0 Å². The number of aryl methyl sites for hydroxylation is 2. The van der Waals surface area contributed by atoms with Crippen LogP contribution in [-0.2, 0) is 23.6 Å². The highest BCUT2D eigenvalue weighted by atomic mass is 35.5. The highest BCUT2D eigenvalue weighted by Crippen LogP contribution is 2.14. The van der Waals surface area contributed by atoms with Gasteiger partial charge in [0.05, 0.1) is 31.7 Å². The van der Waals surface area contributed by atoms with E-state index in [1.807, 2.05) is 13.8 Å². The number of carbonyl (C=O) groups is 2. The van der Waals surface area contributed by atoms with Crippen LogP contribution in [0.2, 0.25) is 5.15 Å². The molecular weight excluding hydrogens is 348 g/mol. The fraction of sp³-hybridized carbons (Fsp3) is 0.500. The average molecular weight is 375 g/mol. The predicted molar refractivity (Wildman–Crippen MR) is 96.8 cm³/mol. The fourth-order valence-corrected chi connectivity index (χ4v) is 1.58. The van der Waals surface area contributed by atoms with Crippen LogP contribution in [0.5, 0.6) is 0 Å². The summed E-state index contributed by atoms with van der Waals surface area (Å²) in [5.74, 6) is -0.788. The minimum atomic E-state index is -0.469. The molecule has 2 rings (SSSR count). The molecule has 0 radical (unpaired) electrons. The van der Waals surface area contributed by atoms with Crippen LogP contribution in [0.25, 0.3) is 0 Å².